The number of ether oxygens (including phenoxy) is 4. The summed E-state index contributed by atoms with van der Waals surface area (Å²) in [5, 5.41) is 12.2. The molecule has 1 aromatic heterocycles. The van der Waals surface area contributed by atoms with Crippen molar-refractivity contribution in [3.63, 3.8) is 0 Å². The molecule has 2 heterocycles. The normalized spacial score (nSPS) is 15.2. The molecule has 0 N–H and O–H groups in total. The zero-order valence-electron chi connectivity index (χ0n) is 28.1. The predicted octanol–water partition coefficient (Wildman–Crippen LogP) is 5.58. The van der Waals surface area contributed by atoms with Crippen molar-refractivity contribution in [3.05, 3.63) is 60.6 Å². The van der Waals surface area contributed by atoms with Gasteiger partial charge >= 0.3 is 6.36 Å². The monoisotopic (exact) mass is 720 g/mol. The second-order valence-corrected chi connectivity index (χ2v) is 11.2. The van der Waals surface area contributed by atoms with Crippen molar-refractivity contribution in [2.75, 3.05) is 60.7 Å². The first kappa shape index (κ1) is 42.9. The third kappa shape index (κ3) is 15.4. The van der Waals surface area contributed by atoms with Crippen LogP contribution in [0.3, 0.4) is 0 Å². The number of methoxy groups -OCH3 is 2. The minimum Gasteiger partial charge on any atom is -0.494 e. The Morgan fingerprint density at radius 2 is 1.77 bits per heavy atom. The Balaban J connectivity index is 0.00000218. The van der Waals surface area contributed by atoms with E-state index in [0.29, 0.717) is 56.1 Å². The summed E-state index contributed by atoms with van der Waals surface area (Å²) in [5.74, 6) is 1.12. The van der Waals surface area contributed by atoms with Gasteiger partial charge in [0.15, 0.2) is 0 Å². The van der Waals surface area contributed by atoms with Gasteiger partial charge in [0.1, 0.15) is 35.8 Å². The van der Waals surface area contributed by atoms with Crippen molar-refractivity contribution in [2.24, 2.45) is 0 Å². The van der Waals surface area contributed by atoms with E-state index in [2.05, 4.69) is 36.4 Å². The van der Waals surface area contributed by atoms with Crippen molar-refractivity contribution in [3.8, 4) is 17.1 Å². The molecule has 3 rings (SSSR count). The number of carbonyl (C=O) groups excluding carboxylic acids is 1. The molecule has 0 bridgehead atoms. The highest BCUT2D eigenvalue weighted by atomic mass is 32.2. The maximum Gasteiger partial charge on any atom is 0.573 e. The van der Waals surface area contributed by atoms with Crippen LogP contribution < -0.4 is 4.74 Å². The number of halogens is 3. The number of aldehydes is 1. The summed E-state index contributed by atoms with van der Waals surface area (Å²) in [6.45, 7) is 12.3. The summed E-state index contributed by atoms with van der Waals surface area (Å²) in [7, 11) is 5.23. The van der Waals surface area contributed by atoms with Crippen molar-refractivity contribution in [1.82, 2.24) is 29.4 Å². The molecular weight excluding hydrogens is 674 g/mol. The van der Waals surface area contributed by atoms with Crippen LogP contribution in [-0.2, 0) is 29.7 Å². The average molecular weight is 721 g/mol. The number of nitrogens with zero attached hydrogens (tertiary/aromatic N) is 6. The smallest absolute Gasteiger partial charge is 0.494 e. The van der Waals surface area contributed by atoms with E-state index in [1.807, 2.05) is 25.2 Å². The van der Waals surface area contributed by atoms with Crippen molar-refractivity contribution >= 4 is 32.0 Å². The van der Waals surface area contributed by atoms with Crippen LogP contribution in [0.15, 0.2) is 60.6 Å². The number of tetrazole rings is 1. The topological polar surface area (TPSA) is 113 Å². The van der Waals surface area contributed by atoms with Gasteiger partial charge in [0.25, 0.3) is 0 Å². The molecule has 0 aliphatic carbocycles. The fourth-order valence-corrected chi connectivity index (χ4v) is 4.80. The quantitative estimate of drug-likeness (QED) is 0.0479. The largest absolute Gasteiger partial charge is 0.573 e. The molecule has 0 radical (unpaired) electrons. The molecule has 48 heavy (non-hydrogen) atoms. The number of benzene rings is 1. The number of carbonyl (C=O) groups is 1. The van der Waals surface area contributed by atoms with Crippen LogP contribution in [0.25, 0.3) is 11.4 Å². The standard InChI is InChI=1S/C28H37F3N6O5S.C3H8O.H2S/c1-5-24(10-7-22(2)42-43-35(3)27(21-38)13-16-36(17-14-27)18-20-39-4)40-19-6-15-37-33-26(32-34-37)23-8-11-25(12-9-23)41-28(29,30)31;1-3-4-2;/h5,7-12,21H,1,6,13-20H2,2-4H3;3H2,1-2H3;1H2/b22-7+,24-10+;;. The summed E-state index contributed by atoms with van der Waals surface area (Å²) in [6.07, 6.45) is 3.33. The maximum atomic E-state index is 12.3. The molecule has 2 aromatic rings. The third-order valence-electron chi connectivity index (χ3n) is 7.00. The van der Waals surface area contributed by atoms with Gasteiger partial charge in [-0.1, -0.05) is 6.58 Å². The Bertz CT molecular complexity index is 1270. The van der Waals surface area contributed by atoms with Gasteiger partial charge in [-0.25, -0.2) is 4.31 Å². The Morgan fingerprint density at radius 3 is 2.33 bits per heavy atom. The first-order chi connectivity index (χ1) is 22.5. The molecule has 0 saturated carbocycles. The lowest BCUT2D eigenvalue weighted by atomic mass is 9.89. The van der Waals surface area contributed by atoms with Gasteiger partial charge in [-0.15, -0.1) is 23.4 Å². The molecule has 1 fully saturated rings. The number of allylic oxidation sites excluding steroid dienone is 4. The van der Waals surface area contributed by atoms with Gasteiger partial charge in [-0.2, -0.15) is 18.3 Å². The molecule has 12 nitrogen and oxygen atoms in total. The molecule has 1 aliphatic heterocycles. The van der Waals surface area contributed by atoms with Crippen molar-refractivity contribution in [2.45, 2.75) is 51.6 Å². The highest BCUT2D eigenvalue weighted by Gasteiger charge is 2.39. The molecule has 17 heteroatoms. The SMILES string of the molecule is C=C/C(=C\C=C(/C)OSN(C)C1(C=O)CCN(CCOC)CC1)OCCCn1nnc(-c2ccc(OC(F)(F)F)cc2)n1.CCOC.S. The number of likely N-dealkylation sites (tertiary alicyclic amines) is 1. The lowest BCUT2D eigenvalue weighted by Crippen LogP contribution is -2.53. The second kappa shape index (κ2) is 22.5. The van der Waals surface area contributed by atoms with E-state index in [1.54, 1.807) is 32.4 Å². The van der Waals surface area contributed by atoms with E-state index in [4.69, 9.17) is 13.7 Å². The lowest BCUT2D eigenvalue weighted by Gasteiger charge is -2.42. The Labute approximate surface area is 292 Å². The van der Waals surface area contributed by atoms with Crippen LogP contribution in [0.1, 0.15) is 33.1 Å². The van der Waals surface area contributed by atoms with Gasteiger partial charge in [0.2, 0.25) is 5.82 Å². The van der Waals surface area contributed by atoms with Gasteiger partial charge in [-0.3, -0.25) is 0 Å². The van der Waals surface area contributed by atoms with Gasteiger partial charge in [0.05, 0.1) is 25.3 Å². The number of alkyl halides is 3. The number of aromatic nitrogens is 4. The molecule has 0 amide bonds. The van der Waals surface area contributed by atoms with Crippen LogP contribution in [0.5, 0.6) is 5.75 Å². The number of hydrogen-bond donors (Lipinski definition) is 0. The molecule has 0 atom stereocenters. The maximum absolute atomic E-state index is 12.3. The van der Waals surface area contributed by atoms with E-state index in [0.717, 1.165) is 44.8 Å². The molecule has 270 valence electrons. The van der Waals surface area contributed by atoms with E-state index in [9.17, 15) is 18.0 Å². The Morgan fingerprint density at radius 1 is 1.10 bits per heavy atom. The Hall–Kier alpha value is -3.09. The Kier molecular flexibility index (Phi) is 20.1. The van der Waals surface area contributed by atoms with Gasteiger partial charge in [0, 0.05) is 59.5 Å². The molecule has 0 spiro atoms. The second-order valence-electron chi connectivity index (χ2n) is 10.3. The van der Waals surface area contributed by atoms with E-state index in [1.165, 1.54) is 29.1 Å². The lowest BCUT2D eigenvalue weighted by molar-refractivity contribution is -0.274. The summed E-state index contributed by atoms with van der Waals surface area (Å²) >= 11 is 1.14. The van der Waals surface area contributed by atoms with Gasteiger partial charge < -0.3 is 32.8 Å². The zero-order chi connectivity index (χ0) is 34.7. The molecule has 1 aromatic carbocycles. The van der Waals surface area contributed by atoms with Crippen LogP contribution in [-0.4, -0.2) is 108 Å². The van der Waals surface area contributed by atoms with Crippen molar-refractivity contribution < 1.29 is 41.1 Å². The number of hydrogen-bond acceptors (Lipinski definition) is 12. The number of piperidine rings is 1. The third-order valence-corrected chi connectivity index (χ3v) is 7.93. The predicted molar refractivity (Wildman–Crippen MR) is 183 cm³/mol. The average Bonchev–Trinajstić information content (AvgIpc) is 3.54. The minimum absolute atomic E-state index is 0. The van der Waals surface area contributed by atoms with E-state index < -0.39 is 11.9 Å². The summed E-state index contributed by atoms with van der Waals surface area (Å²) < 4.78 is 64.0. The zero-order valence-corrected chi connectivity index (χ0v) is 29.9. The number of rotatable bonds is 18. The first-order valence-corrected chi connectivity index (χ1v) is 15.7. The number of aryl methyl sites for hydroxylation is 1. The van der Waals surface area contributed by atoms with E-state index >= 15 is 0 Å². The van der Waals surface area contributed by atoms with E-state index in [-0.39, 0.29) is 25.1 Å². The fourth-order valence-electron chi connectivity index (χ4n) is 4.14. The van der Waals surface area contributed by atoms with Crippen LogP contribution in [0, 0.1) is 0 Å². The highest BCUT2D eigenvalue weighted by molar-refractivity contribution is 7.92. The molecule has 1 saturated heterocycles. The number of likely N-dealkylation sites (N-methyl/N-ethyl adjacent to an activating group) is 1. The molecule has 0 unspecified atom stereocenters. The van der Waals surface area contributed by atoms with Crippen LogP contribution in [0.2, 0.25) is 0 Å². The summed E-state index contributed by atoms with van der Waals surface area (Å²) in [5.41, 5.74) is -0.0809. The molecular formula is C31H47F3N6O6S2. The highest BCUT2D eigenvalue weighted by Crippen LogP contribution is 2.32. The fraction of sp³-hybridized carbons (Fsp3) is 0.548. The van der Waals surface area contributed by atoms with Crippen LogP contribution >= 0.6 is 25.7 Å². The first-order valence-electron chi connectivity index (χ1n) is 15.0. The summed E-state index contributed by atoms with van der Waals surface area (Å²) in [4.78, 5) is 15.7. The van der Waals surface area contributed by atoms with Crippen molar-refractivity contribution in [1.29, 1.82) is 0 Å². The molecule has 1 aliphatic rings. The minimum atomic E-state index is -4.76. The van der Waals surface area contributed by atoms with Crippen LogP contribution in [0.4, 0.5) is 13.2 Å². The summed E-state index contributed by atoms with van der Waals surface area (Å²) in [6, 6.07) is 5.23. The van der Waals surface area contributed by atoms with Gasteiger partial charge in [-0.05, 0) is 74.4 Å².